The first-order valence-electron chi connectivity index (χ1n) is 1.57. The molecule has 0 aromatic rings. The van der Waals surface area contributed by atoms with Crippen LogP contribution in [0.3, 0.4) is 0 Å². The summed E-state index contributed by atoms with van der Waals surface area (Å²) in [6, 6.07) is 0.939. The Kier molecular flexibility index (Phi) is 2.38. The van der Waals surface area contributed by atoms with Crippen molar-refractivity contribution >= 4 is 0 Å². The van der Waals surface area contributed by atoms with E-state index in [1.54, 1.807) is 6.07 Å². The Balaban J connectivity index is 3.04. The fourth-order valence-corrected chi connectivity index (χ4v) is 0.0408. The van der Waals surface area contributed by atoms with Crippen LogP contribution in [0.25, 0.3) is 0 Å². The van der Waals surface area contributed by atoms with Crippen LogP contribution >= 0.6 is 0 Å². The van der Waals surface area contributed by atoms with Crippen LogP contribution < -0.4 is 5.73 Å². The van der Waals surface area contributed by atoms with Crippen molar-refractivity contribution in [3.8, 4) is 6.07 Å². The van der Waals surface area contributed by atoms with Gasteiger partial charge in [0.1, 0.15) is 6.04 Å². The van der Waals surface area contributed by atoms with E-state index in [1.165, 1.54) is 0 Å². The smallest absolute Gasteiger partial charge is 0.116 e. The van der Waals surface area contributed by atoms with Crippen LogP contribution in [0.4, 0.5) is 0 Å². The van der Waals surface area contributed by atoms with Gasteiger partial charge < -0.3 is 10.8 Å². The molecule has 34 valence electrons. The normalized spacial score (nSPS) is 12.8. The van der Waals surface area contributed by atoms with Crippen LogP contribution in [0.5, 0.6) is 0 Å². The van der Waals surface area contributed by atoms with Gasteiger partial charge in [-0.2, -0.15) is 5.26 Å². The zero-order chi connectivity index (χ0) is 4.99. The molecule has 0 amide bonds. The number of aliphatic hydroxyl groups excluding tert-OH is 1. The van der Waals surface area contributed by atoms with Crippen molar-refractivity contribution < 1.29 is 5.11 Å². The molecule has 0 radical (unpaired) electrons. The van der Waals surface area contributed by atoms with Gasteiger partial charge in [-0.3, -0.25) is 0 Å². The van der Waals surface area contributed by atoms with Gasteiger partial charge in [-0.25, -0.2) is 0 Å². The second kappa shape index (κ2) is 2.64. The summed E-state index contributed by atoms with van der Waals surface area (Å²) >= 11 is 0. The fourth-order valence-electron chi connectivity index (χ4n) is 0.0408. The van der Waals surface area contributed by atoms with E-state index in [4.69, 9.17) is 16.1 Å². The third-order valence-electron chi connectivity index (χ3n) is 0.363. The van der Waals surface area contributed by atoms with E-state index in [9.17, 15) is 0 Å². The number of nitrogens with two attached hydrogens (primary N) is 1. The van der Waals surface area contributed by atoms with Gasteiger partial charge in [0.2, 0.25) is 0 Å². The molecule has 3 nitrogen and oxygen atoms in total. The lowest BCUT2D eigenvalue weighted by Crippen LogP contribution is -2.21. The lowest BCUT2D eigenvalue weighted by Gasteiger charge is -1.88. The maximum atomic E-state index is 7.99. The number of hydrogen-bond donors (Lipinski definition) is 2. The highest BCUT2D eigenvalue weighted by Crippen LogP contribution is 1.64. The molecule has 0 aromatic heterocycles. The van der Waals surface area contributed by atoms with Gasteiger partial charge in [0.15, 0.2) is 0 Å². The average Bonchev–Trinajstić information content (AvgIpc) is 1.65. The second-order valence-corrected chi connectivity index (χ2v) is 0.918. The quantitative estimate of drug-likeness (QED) is 0.422. The van der Waals surface area contributed by atoms with E-state index in [2.05, 4.69) is 0 Å². The molecule has 0 unspecified atom stereocenters. The predicted octanol–water partition coefficient (Wildman–Crippen LogP) is -1.17. The molecule has 0 bridgehead atoms. The average molecular weight is 86.1 g/mol. The van der Waals surface area contributed by atoms with Crippen LogP contribution in [0.1, 0.15) is 0 Å². The Morgan fingerprint density at radius 3 is 2.50 bits per heavy atom. The monoisotopic (exact) mass is 86.0 g/mol. The second-order valence-electron chi connectivity index (χ2n) is 0.918. The molecule has 0 aliphatic carbocycles. The van der Waals surface area contributed by atoms with Crippen molar-refractivity contribution in [1.29, 1.82) is 5.26 Å². The molecule has 0 rings (SSSR count). The Morgan fingerprint density at radius 2 is 2.50 bits per heavy atom. The van der Waals surface area contributed by atoms with E-state index in [0.29, 0.717) is 0 Å². The fraction of sp³-hybridized carbons (Fsp3) is 0.667. The lowest BCUT2D eigenvalue weighted by atomic mass is 10.4. The van der Waals surface area contributed by atoms with E-state index >= 15 is 0 Å². The minimum atomic E-state index is -0.704. The van der Waals surface area contributed by atoms with Crippen molar-refractivity contribution in [2.24, 2.45) is 5.73 Å². The van der Waals surface area contributed by atoms with Crippen LogP contribution in [-0.2, 0) is 0 Å². The van der Waals surface area contributed by atoms with Crippen LogP contribution in [0, 0.1) is 11.3 Å². The van der Waals surface area contributed by atoms with Crippen molar-refractivity contribution in [1.82, 2.24) is 0 Å². The molecule has 0 heterocycles. The molecule has 0 fully saturated rings. The Hall–Kier alpha value is -0.590. The van der Waals surface area contributed by atoms with Crippen molar-refractivity contribution in [2.45, 2.75) is 6.04 Å². The summed E-state index contributed by atoms with van der Waals surface area (Å²) in [5, 5.41) is 15.8. The van der Waals surface area contributed by atoms with E-state index in [1.807, 2.05) is 0 Å². The topological polar surface area (TPSA) is 70.0 Å². The molecule has 3 heteroatoms. The van der Waals surface area contributed by atoms with Gasteiger partial charge in [0.05, 0.1) is 12.7 Å². The molecule has 3 N–H and O–H groups in total. The van der Waals surface area contributed by atoms with Crippen molar-refractivity contribution in [2.75, 3.05) is 6.61 Å². The SMILES string of the molecule is N#C[C@@H](N)CO. The maximum Gasteiger partial charge on any atom is 0.116 e. The number of hydrogen-bond acceptors (Lipinski definition) is 3. The largest absolute Gasteiger partial charge is 0.394 e. The summed E-state index contributed by atoms with van der Waals surface area (Å²) in [4.78, 5) is 0. The zero-order valence-corrected chi connectivity index (χ0v) is 3.26. The van der Waals surface area contributed by atoms with Crippen LogP contribution in [0.15, 0.2) is 0 Å². The summed E-state index contributed by atoms with van der Waals surface area (Å²) in [7, 11) is 0. The highest BCUT2D eigenvalue weighted by atomic mass is 16.3. The summed E-state index contributed by atoms with van der Waals surface area (Å²) in [5.74, 6) is 0. The van der Waals surface area contributed by atoms with E-state index in [-0.39, 0.29) is 6.61 Å². The summed E-state index contributed by atoms with van der Waals surface area (Å²) in [5.41, 5.74) is 4.86. The van der Waals surface area contributed by atoms with Crippen molar-refractivity contribution in [3.05, 3.63) is 0 Å². The van der Waals surface area contributed by atoms with Crippen LogP contribution in [0.2, 0.25) is 0 Å². The van der Waals surface area contributed by atoms with Gasteiger partial charge >= 0.3 is 0 Å². The first kappa shape index (κ1) is 5.41. The van der Waals surface area contributed by atoms with E-state index in [0.717, 1.165) is 0 Å². The maximum absolute atomic E-state index is 7.99. The first-order valence-corrected chi connectivity index (χ1v) is 1.57. The number of nitrogens with zero attached hydrogens (tertiary/aromatic N) is 1. The summed E-state index contributed by atoms with van der Waals surface area (Å²) in [6.07, 6.45) is 0. The third-order valence-corrected chi connectivity index (χ3v) is 0.363. The van der Waals surface area contributed by atoms with E-state index < -0.39 is 6.04 Å². The first-order chi connectivity index (χ1) is 2.81. The van der Waals surface area contributed by atoms with Gasteiger partial charge in [-0.15, -0.1) is 0 Å². The van der Waals surface area contributed by atoms with Gasteiger partial charge in [0.25, 0.3) is 0 Å². The van der Waals surface area contributed by atoms with Crippen LogP contribution in [-0.4, -0.2) is 17.8 Å². The zero-order valence-electron chi connectivity index (χ0n) is 3.26. The van der Waals surface area contributed by atoms with Crippen molar-refractivity contribution in [3.63, 3.8) is 0 Å². The van der Waals surface area contributed by atoms with Gasteiger partial charge in [0, 0.05) is 0 Å². The molecule has 0 aromatic carbocycles. The molecule has 0 aliphatic rings. The Morgan fingerprint density at radius 1 is 2.00 bits per heavy atom. The minimum absolute atomic E-state index is 0.253. The number of rotatable bonds is 1. The summed E-state index contributed by atoms with van der Waals surface area (Å²) in [6.45, 7) is -0.253. The molecule has 1 atom stereocenters. The molecule has 0 spiro atoms. The third kappa shape index (κ3) is 1.70. The predicted molar refractivity (Wildman–Crippen MR) is 20.7 cm³/mol. The number of nitriles is 1. The standard InChI is InChI=1S/C3H6N2O/c4-1-3(5)2-6/h3,6H,2,5H2/t3-/m1/s1. The lowest BCUT2D eigenvalue weighted by molar-refractivity contribution is 0.286. The minimum Gasteiger partial charge on any atom is -0.394 e. The molecule has 0 saturated heterocycles. The highest BCUT2D eigenvalue weighted by molar-refractivity contribution is 4.84. The van der Waals surface area contributed by atoms with Gasteiger partial charge in [-0.05, 0) is 0 Å². The molecular formula is C3H6N2O. The van der Waals surface area contributed by atoms with Gasteiger partial charge in [-0.1, -0.05) is 0 Å². The molecule has 0 saturated carbocycles. The molecule has 6 heavy (non-hydrogen) atoms. The summed E-state index contributed by atoms with van der Waals surface area (Å²) < 4.78 is 0. The molecular weight excluding hydrogens is 80.0 g/mol. The molecule has 0 aliphatic heterocycles. The highest BCUT2D eigenvalue weighted by Gasteiger charge is 1.90. The Bertz CT molecular complexity index is 65.7. The Labute approximate surface area is 36.0 Å². The number of aliphatic hydroxyl groups is 1.